The molecule has 0 aliphatic heterocycles. The molecule has 130 valence electrons. The Bertz CT molecular complexity index is 743. The van der Waals surface area contributed by atoms with Gasteiger partial charge in [-0.1, -0.05) is 36.9 Å². The summed E-state index contributed by atoms with van der Waals surface area (Å²) in [6.07, 6.45) is 0.810. The number of nitrogens with zero attached hydrogens (tertiary/aromatic N) is 3. The fourth-order valence-corrected chi connectivity index (χ4v) is 3.84. The van der Waals surface area contributed by atoms with E-state index in [4.69, 9.17) is 0 Å². The second-order valence-corrected chi connectivity index (χ2v) is 8.10. The minimum Gasteiger partial charge on any atom is -0.310 e. The molecule has 0 saturated heterocycles. The van der Waals surface area contributed by atoms with Crippen molar-refractivity contribution in [1.82, 2.24) is 20.2 Å². The highest BCUT2D eigenvalue weighted by Crippen LogP contribution is 2.27. The number of thioether (sulfide) groups is 1. The van der Waals surface area contributed by atoms with Crippen molar-refractivity contribution in [2.24, 2.45) is 5.92 Å². The summed E-state index contributed by atoms with van der Waals surface area (Å²) in [6, 6.07) is 0. The molecular weight excluding hydrogens is 346 g/mol. The number of H-pyrrole nitrogens is 1. The number of aromatic nitrogens is 4. The van der Waals surface area contributed by atoms with Crippen LogP contribution < -0.4 is 11.0 Å². The Morgan fingerprint density at radius 1 is 1.33 bits per heavy atom. The summed E-state index contributed by atoms with van der Waals surface area (Å²) in [5.74, 6) is 1.42. The van der Waals surface area contributed by atoms with Crippen LogP contribution in [0.2, 0.25) is 0 Å². The first kappa shape index (κ1) is 18.6. The number of hydrogen-bond donors (Lipinski definition) is 2. The highest BCUT2D eigenvalue weighted by Gasteiger charge is 2.12. The van der Waals surface area contributed by atoms with Crippen LogP contribution in [0.25, 0.3) is 0 Å². The Morgan fingerprint density at radius 2 is 2.08 bits per heavy atom. The van der Waals surface area contributed by atoms with Crippen LogP contribution in [0.4, 0.5) is 5.13 Å². The molecule has 2 aromatic rings. The van der Waals surface area contributed by atoms with Crippen LogP contribution in [-0.2, 0) is 11.2 Å². The van der Waals surface area contributed by atoms with Gasteiger partial charge in [0.25, 0.3) is 0 Å². The molecule has 24 heavy (non-hydrogen) atoms. The van der Waals surface area contributed by atoms with Gasteiger partial charge in [-0.15, -0.1) is 10.2 Å². The van der Waals surface area contributed by atoms with E-state index in [9.17, 15) is 9.59 Å². The molecule has 2 rings (SSSR count). The van der Waals surface area contributed by atoms with Crippen molar-refractivity contribution in [3.05, 3.63) is 27.4 Å². The highest BCUT2D eigenvalue weighted by atomic mass is 32.2. The number of carbonyl (C=O) groups excluding carboxylic acids is 1. The standard InChI is InChI=1S/C15H21N5O2S2/c1-8(2)7-23-15-20-19-14(24-15)18-12(21)6-5-11-9(3)16-13(22)17-10(11)4/h8H,5-7H2,1-4H3,(H,16,17,22)(H,18,19,21). The maximum Gasteiger partial charge on any atom is 0.345 e. The molecule has 0 bridgehead atoms. The Morgan fingerprint density at radius 3 is 2.75 bits per heavy atom. The van der Waals surface area contributed by atoms with E-state index in [0.717, 1.165) is 21.3 Å². The molecule has 0 aliphatic rings. The molecule has 0 radical (unpaired) electrons. The van der Waals surface area contributed by atoms with E-state index in [-0.39, 0.29) is 11.6 Å². The summed E-state index contributed by atoms with van der Waals surface area (Å²) >= 11 is 3.03. The van der Waals surface area contributed by atoms with Gasteiger partial charge in [-0.3, -0.25) is 4.79 Å². The van der Waals surface area contributed by atoms with Crippen molar-refractivity contribution in [2.75, 3.05) is 11.1 Å². The smallest absolute Gasteiger partial charge is 0.310 e. The summed E-state index contributed by atoms with van der Waals surface area (Å²) in [5.41, 5.74) is 1.95. The van der Waals surface area contributed by atoms with Gasteiger partial charge >= 0.3 is 5.69 Å². The van der Waals surface area contributed by atoms with E-state index < -0.39 is 0 Å². The van der Waals surface area contributed by atoms with E-state index in [1.165, 1.54) is 11.3 Å². The maximum absolute atomic E-state index is 12.1. The molecule has 9 heteroatoms. The van der Waals surface area contributed by atoms with E-state index in [1.54, 1.807) is 18.7 Å². The molecule has 0 unspecified atom stereocenters. The predicted molar refractivity (Wildman–Crippen MR) is 96.8 cm³/mol. The molecule has 0 fully saturated rings. The van der Waals surface area contributed by atoms with Gasteiger partial charge in [0, 0.05) is 23.6 Å². The molecule has 2 heterocycles. The van der Waals surface area contributed by atoms with Gasteiger partial charge in [-0.2, -0.15) is 4.98 Å². The van der Waals surface area contributed by atoms with Gasteiger partial charge in [0.1, 0.15) is 0 Å². The maximum atomic E-state index is 12.1. The lowest BCUT2D eigenvalue weighted by Gasteiger charge is -2.07. The Kier molecular flexibility index (Phi) is 6.50. The fraction of sp³-hybridized carbons (Fsp3) is 0.533. The van der Waals surface area contributed by atoms with Crippen LogP contribution in [-0.4, -0.2) is 31.8 Å². The lowest BCUT2D eigenvalue weighted by molar-refractivity contribution is -0.116. The van der Waals surface area contributed by atoms with Crippen molar-refractivity contribution in [1.29, 1.82) is 0 Å². The molecule has 0 atom stereocenters. The monoisotopic (exact) mass is 367 g/mol. The molecule has 2 N–H and O–H groups in total. The zero-order chi connectivity index (χ0) is 17.7. The summed E-state index contributed by atoms with van der Waals surface area (Å²) in [5, 5.41) is 11.3. The van der Waals surface area contributed by atoms with Crippen molar-refractivity contribution >= 4 is 34.1 Å². The molecular formula is C15H21N5O2S2. The van der Waals surface area contributed by atoms with Crippen LogP contribution in [0.3, 0.4) is 0 Å². The third-order valence-electron chi connectivity index (χ3n) is 3.25. The number of rotatable bonds is 7. The van der Waals surface area contributed by atoms with E-state index >= 15 is 0 Å². The summed E-state index contributed by atoms with van der Waals surface area (Å²) in [6.45, 7) is 7.88. The summed E-state index contributed by atoms with van der Waals surface area (Å²) in [4.78, 5) is 29.9. The minimum absolute atomic E-state index is 0.128. The van der Waals surface area contributed by atoms with Crippen molar-refractivity contribution in [3.63, 3.8) is 0 Å². The number of aromatic amines is 1. The molecule has 0 aliphatic carbocycles. The summed E-state index contributed by atoms with van der Waals surface area (Å²) in [7, 11) is 0. The third kappa shape index (κ3) is 5.41. The van der Waals surface area contributed by atoms with Crippen LogP contribution >= 0.6 is 23.1 Å². The number of carbonyl (C=O) groups is 1. The number of anilines is 1. The van der Waals surface area contributed by atoms with Crippen molar-refractivity contribution in [2.45, 2.75) is 44.9 Å². The largest absolute Gasteiger partial charge is 0.345 e. The van der Waals surface area contributed by atoms with Crippen LogP contribution in [0.5, 0.6) is 0 Å². The lowest BCUT2D eigenvalue weighted by atomic mass is 10.1. The lowest BCUT2D eigenvalue weighted by Crippen LogP contribution is -2.18. The second-order valence-electron chi connectivity index (χ2n) is 5.86. The Labute approximate surface area is 148 Å². The Balaban J connectivity index is 1.89. The molecule has 0 aromatic carbocycles. The first-order valence-electron chi connectivity index (χ1n) is 7.67. The second kappa shape index (κ2) is 8.39. The first-order valence-corrected chi connectivity index (χ1v) is 9.48. The molecule has 2 aromatic heterocycles. The van der Waals surface area contributed by atoms with Gasteiger partial charge in [0.15, 0.2) is 4.34 Å². The average molecular weight is 368 g/mol. The molecule has 7 nitrogen and oxygen atoms in total. The van der Waals surface area contributed by atoms with E-state index in [0.29, 0.717) is 29.6 Å². The molecule has 1 amide bonds. The van der Waals surface area contributed by atoms with Gasteiger partial charge in [0.05, 0.1) is 0 Å². The third-order valence-corrected chi connectivity index (χ3v) is 5.65. The normalized spacial score (nSPS) is 11.0. The zero-order valence-electron chi connectivity index (χ0n) is 14.2. The number of amides is 1. The van der Waals surface area contributed by atoms with Crippen LogP contribution in [0, 0.1) is 19.8 Å². The van der Waals surface area contributed by atoms with Gasteiger partial charge in [0.2, 0.25) is 11.0 Å². The quantitative estimate of drug-likeness (QED) is 0.576. The number of aryl methyl sites for hydroxylation is 2. The number of hydrogen-bond acceptors (Lipinski definition) is 7. The van der Waals surface area contributed by atoms with Crippen molar-refractivity contribution in [3.8, 4) is 0 Å². The number of nitrogens with one attached hydrogen (secondary N) is 2. The van der Waals surface area contributed by atoms with Gasteiger partial charge in [-0.25, -0.2) is 4.79 Å². The highest BCUT2D eigenvalue weighted by molar-refractivity contribution is 8.01. The van der Waals surface area contributed by atoms with Crippen molar-refractivity contribution < 1.29 is 4.79 Å². The predicted octanol–water partition coefficient (Wildman–Crippen LogP) is 2.56. The Hall–Kier alpha value is -1.74. The minimum atomic E-state index is -0.363. The van der Waals surface area contributed by atoms with Crippen LogP contribution in [0.15, 0.2) is 9.13 Å². The zero-order valence-corrected chi connectivity index (χ0v) is 15.8. The molecule has 0 spiro atoms. The fourth-order valence-electron chi connectivity index (χ4n) is 2.10. The first-order chi connectivity index (χ1) is 11.3. The van der Waals surface area contributed by atoms with E-state index in [2.05, 4.69) is 39.3 Å². The topological polar surface area (TPSA) is 101 Å². The van der Waals surface area contributed by atoms with Gasteiger partial charge in [-0.05, 0) is 31.7 Å². The SMILES string of the molecule is Cc1nc(=O)[nH]c(C)c1CCC(=O)Nc1nnc(SCC(C)C)s1. The van der Waals surface area contributed by atoms with Gasteiger partial charge < -0.3 is 10.3 Å². The van der Waals surface area contributed by atoms with E-state index in [1.807, 2.05) is 6.92 Å². The average Bonchev–Trinajstić information content (AvgIpc) is 2.91. The summed E-state index contributed by atoms with van der Waals surface area (Å²) < 4.78 is 0.857. The molecule has 0 saturated carbocycles. The van der Waals surface area contributed by atoms with Crippen LogP contribution in [0.1, 0.15) is 37.2 Å².